The standard InChI is InChI=1S/C20H19BrN2O/c21-20-11-10-19(24-18-8-6-15(13-22)7-9-18)12-16(20)14-23-17-4-2-1-3-5-17/h6-12,14,17H,1-5H2. The highest BCUT2D eigenvalue weighted by Gasteiger charge is 2.11. The molecule has 4 heteroatoms. The Morgan fingerprint density at radius 3 is 2.46 bits per heavy atom. The van der Waals surface area contributed by atoms with Crippen molar-refractivity contribution in [2.45, 2.75) is 38.1 Å². The van der Waals surface area contributed by atoms with Gasteiger partial charge in [0.25, 0.3) is 0 Å². The van der Waals surface area contributed by atoms with Crippen LogP contribution >= 0.6 is 15.9 Å². The van der Waals surface area contributed by atoms with Gasteiger partial charge < -0.3 is 4.74 Å². The van der Waals surface area contributed by atoms with Crippen LogP contribution < -0.4 is 4.74 Å². The fourth-order valence-corrected chi connectivity index (χ4v) is 3.18. The Balaban J connectivity index is 1.72. The van der Waals surface area contributed by atoms with Crippen LogP contribution in [0.3, 0.4) is 0 Å². The van der Waals surface area contributed by atoms with E-state index < -0.39 is 0 Å². The largest absolute Gasteiger partial charge is 0.457 e. The van der Waals surface area contributed by atoms with Gasteiger partial charge in [-0.25, -0.2) is 0 Å². The summed E-state index contributed by atoms with van der Waals surface area (Å²) in [4.78, 5) is 4.74. The van der Waals surface area contributed by atoms with Crippen molar-refractivity contribution >= 4 is 22.1 Å². The first-order valence-electron chi connectivity index (χ1n) is 8.25. The van der Waals surface area contributed by atoms with Gasteiger partial charge in [0.15, 0.2) is 0 Å². The molecule has 122 valence electrons. The van der Waals surface area contributed by atoms with Crippen LogP contribution in [0.1, 0.15) is 43.2 Å². The molecule has 2 aromatic rings. The van der Waals surface area contributed by atoms with Gasteiger partial charge in [0.1, 0.15) is 11.5 Å². The number of rotatable bonds is 4. The van der Waals surface area contributed by atoms with Crippen molar-refractivity contribution in [2.24, 2.45) is 4.99 Å². The predicted octanol–water partition coefficient (Wildman–Crippen LogP) is 5.86. The molecular weight excluding hydrogens is 364 g/mol. The molecule has 0 radical (unpaired) electrons. The lowest BCUT2D eigenvalue weighted by Crippen LogP contribution is -2.09. The fraction of sp³-hybridized carbons (Fsp3) is 0.300. The molecule has 1 saturated carbocycles. The van der Waals surface area contributed by atoms with Gasteiger partial charge in [0.2, 0.25) is 0 Å². The normalized spacial score (nSPS) is 15.3. The molecule has 0 bridgehead atoms. The minimum atomic E-state index is 0.453. The van der Waals surface area contributed by atoms with Crippen molar-refractivity contribution < 1.29 is 4.74 Å². The third-order valence-electron chi connectivity index (χ3n) is 4.19. The molecule has 0 N–H and O–H groups in total. The van der Waals surface area contributed by atoms with E-state index in [0.29, 0.717) is 17.4 Å². The quantitative estimate of drug-likeness (QED) is 0.621. The molecule has 0 spiro atoms. The zero-order valence-electron chi connectivity index (χ0n) is 13.4. The van der Waals surface area contributed by atoms with Crippen molar-refractivity contribution in [1.82, 2.24) is 0 Å². The lowest BCUT2D eigenvalue weighted by molar-refractivity contribution is 0.444. The van der Waals surface area contributed by atoms with Crippen molar-refractivity contribution in [2.75, 3.05) is 0 Å². The monoisotopic (exact) mass is 382 g/mol. The number of nitrogens with zero attached hydrogens (tertiary/aromatic N) is 2. The van der Waals surface area contributed by atoms with E-state index in [0.717, 1.165) is 15.8 Å². The van der Waals surface area contributed by atoms with Crippen LogP contribution in [0.2, 0.25) is 0 Å². The second-order valence-corrected chi connectivity index (χ2v) is 6.85. The van der Waals surface area contributed by atoms with Crippen molar-refractivity contribution in [3.05, 3.63) is 58.1 Å². The Bertz CT molecular complexity index is 756. The van der Waals surface area contributed by atoms with Gasteiger partial charge in [-0.1, -0.05) is 35.2 Å². The number of hydrogen-bond donors (Lipinski definition) is 0. The highest BCUT2D eigenvalue weighted by molar-refractivity contribution is 9.10. The molecule has 0 heterocycles. The van der Waals surface area contributed by atoms with Crippen LogP contribution in [0.25, 0.3) is 0 Å². The summed E-state index contributed by atoms with van der Waals surface area (Å²) in [5.41, 5.74) is 1.64. The summed E-state index contributed by atoms with van der Waals surface area (Å²) >= 11 is 3.58. The van der Waals surface area contributed by atoms with Gasteiger partial charge >= 0.3 is 0 Å². The summed E-state index contributed by atoms with van der Waals surface area (Å²) in [5, 5.41) is 8.84. The summed E-state index contributed by atoms with van der Waals surface area (Å²) < 4.78 is 6.88. The molecule has 3 rings (SSSR count). The first-order valence-corrected chi connectivity index (χ1v) is 9.04. The molecule has 1 aliphatic carbocycles. The Labute approximate surface area is 151 Å². The number of hydrogen-bond acceptors (Lipinski definition) is 3. The van der Waals surface area contributed by atoms with Gasteiger partial charge in [0, 0.05) is 22.3 Å². The van der Waals surface area contributed by atoms with Crippen molar-refractivity contribution in [3.63, 3.8) is 0 Å². The lowest BCUT2D eigenvalue weighted by atomic mass is 9.96. The summed E-state index contributed by atoms with van der Waals surface area (Å²) in [5.74, 6) is 1.47. The fourth-order valence-electron chi connectivity index (χ4n) is 2.83. The molecule has 1 fully saturated rings. The minimum absolute atomic E-state index is 0.453. The van der Waals surface area contributed by atoms with Gasteiger partial charge in [-0.3, -0.25) is 4.99 Å². The Morgan fingerprint density at radius 1 is 1.04 bits per heavy atom. The van der Waals surface area contributed by atoms with Crippen LogP contribution in [-0.2, 0) is 0 Å². The summed E-state index contributed by atoms with van der Waals surface area (Å²) in [6.07, 6.45) is 8.23. The molecular formula is C20H19BrN2O. The summed E-state index contributed by atoms with van der Waals surface area (Å²) in [6.45, 7) is 0. The lowest BCUT2D eigenvalue weighted by Gasteiger charge is -2.17. The molecule has 0 aliphatic heterocycles. The zero-order chi connectivity index (χ0) is 16.8. The van der Waals surface area contributed by atoms with Gasteiger partial charge in [-0.2, -0.15) is 5.26 Å². The van der Waals surface area contributed by atoms with Gasteiger partial charge in [0.05, 0.1) is 11.6 Å². The molecule has 0 atom stereocenters. The number of aliphatic imine (C=N–C) groups is 1. The van der Waals surface area contributed by atoms with Crippen LogP contribution in [0.5, 0.6) is 11.5 Å². The van der Waals surface area contributed by atoms with E-state index in [2.05, 4.69) is 22.0 Å². The van der Waals surface area contributed by atoms with E-state index in [1.807, 2.05) is 24.4 Å². The first kappa shape index (κ1) is 16.7. The van der Waals surface area contributed by atoms with Gasteiger partial charge in [-0.15, -0.1) is 0 Å². The number of halogens is 1. The molecule has 1 aliphatic rings. The van der Waals surface area contributed by atoms with E-state index in [-0.39, 0.29) is 0 Å². The third-order valence-corrected chi connectivity index (χ3v) is 4.91. The third kappa shape index (κ3) is 4.46. The molecule has 24 heavy (non-hydrogen) atoms. The number of nitriles is 1. The highest BCUT2D eigenvalue weighted by atomic mass is 79.9. The maximum absolute atomic E-state index is 8.84. The average molecular weight is 383 g/mol. The first-order chi connectivity index (χ1) is 11.7. The molecule has 2 aromatic carbocycles. The average Bonchev–Trinajstić information content (AvgIpc) is 2.63. The number of benzene rings is 2. The van der Waals surface area contributed by atoms with Crippen molar-refractivity contribution in [3.8, 4) is 17.6 Å². The Hall–Kier alpha value is -2.12. The van der Waals surface area contributed by atoms with Crippen LogP contribution in [0, 0.1) is 11.3 Å². The SMILES string of the molecule is N#Cc1ccc(Oc2ccc(Br)c(C=NC3CCCCC3)c2)cc1. The number of ether oxygens (including phenoxy) is 1. The van der Waals surface area contributed by atoms with E-state index in [1.54, 1.807) is 24.3 Å². The van der Waals surface area contributed by atoms with Crippen LogP contribution in [0.4, 0.5) is 0 Å². The maximum atomic E-state index is 8.84. The van der Waals surface area contributed by atoms with E-state index in [9.17, 15) is 0 Å². The molecule has 0 aromatic heterocycles. The maximum Gasteiger partial charge on any atom is 0.128 e. The molecule has 0 unspecified atom stereocenters. The Morgan fingerprint density at radius 2 is 1.75 bits per heavy atom. The zero-order valence-corrected chi connectivity index (χ0v) is 15.0. The van der Waals surface area contributed by atoms with E-state index in [4.69, 9.17) is 15.0 Å². The van der Waals surface area contributed by atoms with Crippen LogP contribution in [0.15, 0.2) is 51.9 Å². The Kier molecular flexibility index (Phi) is 5.66. The molecule has 0 saturated heterocycles. The van der Waals surface area contributed by atoms with E-state index in [1.165, 1.54) is 32.1 Å². The topological polar surface area (TPSA) is 45.4 Å². The second-order valence-electron chi connectivity index (χ2n) is 5.99. The minimum Gasteiger partial charge on any atom is -0.457 e. The summed E-state index contributed by atoms with van der Waals surface area (Å²) in [6, 6.07) is 15.5. The summed E-state index contributed by atoms with van der Waals surface area (Å²) in [7, 11) is 0. The van der Waals surface area contributed by atoms with Crippen molar-refractivity contribution in [1.29, 1.82) is 5.26 Å². The van der Waals surface area contributed by atoms with Gasteiger partial charge in [-0.05, 0) is 55.3 Å². The smallest absolute Gasteiger partial charge is 0.128 e. The molecule has 0 amide bonds. The predicted molar refractivity (Wildman–Crippen MR) is 99.8 cm³/mol. The van der Waals surface area contributed by atoms with Crippen LogP contribution in [-0.4, -0.2) is 12.3 Å². The molecule has 3 nitrogen and oxygen atoms in total. The second kappa shape index (κ2) is 8.12. The van der Waals surface area contributed by atoms with E-state index >= 15 is 0 Å². The highest BCUT2D eigenvalue weighted by Crippen LogP contribution is 2.27.